The summed E-state index contributed by atoms with van der Waals surface area (Å²) in [6.45, 7) is 14.6. The molecule has 0 spiro atoms. The summed E-state index contributed by atoms with van der Waals surface area (Å²) in [5.41, 5.74) is 1.07. The van der Waals surface area contributed by atoms with Crippen molar-refractivity contribution in [1.82, 2.24) is 0 Å². The molecule has 1 radical (unpaired) electrons. The van der Waals surface area contributed by atoms with Gasteiger partial charge in [0.1, 0.15) is 14.3 Å². The zero-order valence-corrected chi connectivity index (χ0v) is 21.5. The Morgan fingerprint density at radius 2 is 1.21 bits per heavy atom. The Kier molecular flexibility index (Phi) is 22.3. The summed E-state index contributed by atoms with van der Waals surface area (Å²) in [7, 11) is -4.94. The van der Waals surface area contributed by atoms with Gasteiger partial charge >= 0.3 is 0 Å². The van der Waals surface area contributed by atoms with Crippen molar-refractivity contribution < 1.29 is 41.8 Å². The van der Waals surface area contributed by atoms with Crippen LogP contribution in [0.15, 0.2) is 47.5 Å². The van der Waals surface area contributed by atoms with Gasteiger partial charge in [0, 0.05) is 37.8 Å². The van der Waals surface area contributed by atoms with Crippen LogP contribution in [0.1, 0.15) is 33.3 Å². The van der Waals surface area contributed by atoms with Crippen LogP contribution < -0.4 is 0 Å². The van der Waals surface area contributed by atoms with Gasteiger partial charge in [0.25, 0.3) is 0 Å². The van der Waals surface area contributed by atoms with Crippen LogP contribution in [-0.2, 0) is 41.8 Å². The van der Waals surface area contributed by atoms with Gasteiger partial charge in [-0.3, -0.25) is 0 Å². The molecule has 0 aliphatic carbocycles. The Hall–Kier alpha value is 0.264. The van der Waals surface area contributed by atoms with E-state index in [-0.39, 0.29) is 40.1 Å². The summed E-state index contributed by atoms with van der Waals surface area (Å²) in [4.78, 5) is 0. The first kappa shape index (κ1) is 32.0. The predicted molar refractivity (Wildman–Crippen MR) is 112 cm³/mol. The quantitative estimate of drug-likeness (QED) is 0.277. The maximum absolute atomic E-state index is 12.1. The van der Waals surface area contributed by atoms with Crippen molar-refractivity contribution in [3.8, 4) is 0 Å². The van der Waals surface area contributed by atoms with Crippen molar-refractivity contribution in [3.63, 3.8) is 0 Å². The average molecular weight is 446 g/mol. The van der Waals surface area contributed by atoms with Crippen LogP contribution in [-0.4, -0.2) is 26.7 Å². The third kappa shape index (κ3) is 14.6. The maximum Gasteiger partial charge on any atom is 0.113 e. The monoisotopic (exact) mass is 446 g/mol. The van der Waals surface area contributed by atoms with Gasteiger partial charge in [0.05, 0.1) is 0 Å². The number of hydrogen-bond donors (Lipinski definition) is 0. The Labute approximate surface area is 176 Å². The van der Waals surface area contributed by atoms with Crippen LogP contribution in [0, 0.1) is 7.43 Å². The van der Waals surface area contributed by atoms with E-state index >= 15 is 0 Å². The topological polar surface area (TPSA) is 34.1 Å². The van der Waals surface area contributed by atoms with Gasteiger partial charge in [-0.1, -0.05) is 70.2 Å². The molecule has 24 heavy (non-hydrogen) atoms. The molecule has 0 N–H and O–H groups in total. The molecule has 0 saturated heterocycles. The summed E-state index contributed by atoms with van der Waals surface area (Å²) in [5.74, 6) is 0. The standard InChI is InChI=1S/C14H20O2P2.2C2H6.CH3.Y/c1-17(2,15)14(18(3,4)16)12-8-11-13-9-6-5-7-10-13;2*1-2;;/h5-12H,1-4H3;2*1-2H3;1H3;/q;;;-1;. The van der Waals surface area contributed by atoms with Crippen LogP contribution in [0.25, 0.3) is 6.08 Å². The summed E-state index contributed by atoms with van der Waals surface area (Å²) in [6.07, 6.45) is 5.49. The zero-order chi connectivity index (χ0) is 17.8. The van der Waals surface area contributed by atoms with Gasteiger partial charge in [-0.25, -0.2) is 0 Å². The molecule has 2 nitrogen and oxygen atoms in total. The summed E-state index contributed by atoms with van der Waals surface area (Å²) in [6, 6.07) is 9.84. The fourth-order valence-corrected chi connectivity index (χ4v) is 7.28. The number of benzene rings is 1. The number of allylic oxidation sites excluding steroid dienone is 2. The fraction of sp³-hybridized carbons (Fsp3) is 0.421. The number of hydrogen-bond acceptors (Lipinski definition) is 2. The second-order valence-corrected chi connectivity index (χ2v) is 11.7. The second kappa shape index (κ2) is 16.7. The van der Waals surface area contributed by atoms with Crippen molar-refractivity contribution >= 4 is 20.4 Å². The molecule has 5 heteroatoms. The molecule has 0 aliphatic heterocycles. The van der Waals surface area contributed by atoms with Crippen LogP contribution >= 0.6 is 14.3 Å². The predicted octanol–water partition coefficient (Wildman–Crippen LogP) is 7.29. The minimum Gasteiger partial charge on any atom is -0.358 e. The maximum atomic E-state index is 12.1. The van der Waals surface area contributed by atoms with Gasteiger partial charge in [-0.15, -0.1) is 0 Å². The molecular formula is C19H35O2P2Y-. The van der Waals surface area contributed by atoms with Crippen LogP contribution in [0.4, 0.5) is 0 Å². The Morgan fingerprint density at radius 1 is 0.833 bits per heavy atom. The van der Waals surface area contributed by atoms with E-state index in [2.05, 4.69) is 0 Å². The molecule has 1 rings (SSSR count). The van der Waals surface area contributed by atoms with E-state index in [0.717, 1.165) is 5.56 Å². The van der Waals surface area contributed by atoms with Gasteiger partial charge in [-0.05, 0) is 38.3 Å². The molecule has 1 aromatic rings. The summed E-state index contributed by atoms with van der Waals surface area (Å²) in [5, 5.41) is 0.585. The van der Waals surface area contributed by atoms with E-state index in [4.69, 9.17) is 0 Å². The van der Waals surface area contributed by atoms with Crippen molar-refractivity contribution in [3.05, 3.63) is 60.5 Å². The van der Waals surface area contributed by atoms with Crippen LogP contribution in [0.5, 0.6) is 0 Å². The smallest absolute Gasteiger partial charge is 0.113 e. The first-order chi connectivity index (χ1) is 10.2. The molecule has 0 heterocycles. The van der Waals surface area contributed by atoms with Gasteiger partial charge in [0.2, 0.25) is 0 Å². The van der Waals surface area contributed by atoms with E-state index in [1.165, 1.54) is 0 Å². The van der Waals surface area contributed by atoms with Gasteiger partial charge in [0.15, 0.2) is 0 Å². The Bertz CT molecular complexity index is 528. The normalized spacial score (nSPS) is 10.0. The minimum absolute atomic E-state index is 0. The second-order valence-electron chi connectivity index (χ2n) is 5.00. The molecular weight excluding hydrogens is 411 g/mol. The molecule has 0 aromatic heterocycles. The first-order valence-electron chi connectivity index (χ1n) is 7.76. The van der Waals surface area contributed by atoms with Crippen LogP contribution in [0.2, 0.25) is 0 Å². The first-order valence-corrected chi connectivity index (χ1v) is 13.0. The molecule has 0 atom stereocenters. The summed E-state index contributed by atoms with van der Waals surface area (Å²) >= 11 is 0. The molecule has 137 valence electrons. The van der Waals surface area contributed by atoms with Crippen molar-refractivity contribution in [2.75, 3.05) is 26.7 Å². The molecule has 0 saturated carbocycles. The van der Waals surface area contributed by atoms with Gasteiger partial charge < -0.3 is 16.6 Å². The average Bonchev–Trinajstić information content (AvgIpc) is 2.46. The largest absolute Gasteiger partial charge is 0.358 e. The third-order valence-electron chi connectivity index (χ3n) is 2.44. The minimum atomic E-state index is -2.47. The molecule has 0 bridgehead atoms. The summed E-state index contributed by atoms with van der Waals surface area (Å²) < 4.78 is 24.3. The Balaban J connectivity index is -0.000000309. The van der Waals surface area contributed by atoms with E-state index in [9.17, 15) is 9.13 Å². The van der Waals surface area contributed by atoms with Crippen molar-refractivity contribution in [2.24, 2.45) is 0 Å². The van der Waals surface area contributed by atoms with E-state index in [0.29, 0.717) is 5.06 Å². The molecule has 0 amide bonds. The molecule has 0 fully saturated rings. The SMILES string of the molecule is CC.CC.CP(C)(=O)C(=CC=Cc1ccccc1)P(C)(C)=O.[CH3-].[Y]. The van der Waals surface area contributed by atoms with Crippen molar-refractivity contribution in [1.29, 1.82) is 0 Å². The zero-order valence-electron chi connectivity index (χ0n) is 16.9. The van der Waals surface area contributed by atoms with Crippen LogP contribution in [0.3, 0.4) is 0 Å². The van der Waals surface area contributed by atoms with Gasteiger partial charge in [-0.2, -0.15) is 0 Å². The molecule has 1 aromatic carbocycles. The van der Waals surface area contributed by atoms with E-state index in [1.807, 2.05) is 70.2 Å². The molecule has 0 unspecified atom stereocenters. The Morgan fingerprint density at radius 3 is 1.54 bits per heavy atom. The molecule has 0 aliphatic rings. The third-order valence-corrected chi connectivity index (χ3v) is 7.83. The number of rotatable bonds is 4. The fourth-order valence-electron chi connectivity index (χ4n) is 1.75. The van der Waals surface area contributed by atoms with Crippen molar-refractivity contribution in [2.45, 2.75) is 27.7 Å². The van der Waals surface area contributed by atoms with E-state index < -0.39 is 14.3 Å². The van der Waals surface area contributed by atoms with E-state index in [1.54, 1.807) is 32.7 Å².